The molecule has 0 saturated heterocycles. The summed E-state index contributed by atoms with van der Waals surface area (Å²) in [6, 6.07) is 10.1. The predicted molar refractivity (Wildman–Crippen MR) is 70.0 cm³/mol. The van der Waals surface area contributed by atoms with Gasteiger partial charge in [-0.1, -0.05) is 18.2 Å². The first kappa shape index (κ1) is 12.4. The molecule has 0 amide bonds. The van der Waals surface area contributed by atoms with Crippen LogP contribution in [0.2, 0.25) is 0 Å². The molecule has 2 aromatic rings. The van der Waals surface area contributed by atoms with Crippen molar-refractivity contribution in [3.8, 4) is 5.75 Å². The zero-order valence-corrected chi connectivity index (χ0v) is 10.5. The molecule has 3 rings (SSSR count). The molecule has 102 valence electrons. The summed E-state index contributed by atoms with van der Waals surface area (Å²) < 4.78 is 6.86. The normalized spacial score (nSPS) is 16.5. The van der Waals surface area contributed by atoms with E-state index in [0.29, 0.717) is 6.42 Å². The summed E-state index contributed by atoms with van der Waals surface area (Å²) in [7, 11) is 0. The Morgan fingerprint density at radius 2 is 2.15 bits per heavy atom. The summed E-state index contributed by atoms with van der Waals surface area (Å²) in [5.74, 6) is -0.352. The minimum atomic E-state index is -1.16. The molecule has 0 radical (unpaired) electrons. The Balaban J connectivity index is 1.82. The quantitative estimate of drug-likeness (QED) is 0.899. The lowest BCUT2D eigenvalue weighted by molar-refractivity contribution is 0.0686. The summed E-state index contributed by atoms with van der Waals surface area (Å²) in [4.78, 5) is 22.6. The van der Waals surface area contributed by atoms with Crippen molar-refractivity contribution in [3.05, 3.63) is 58.0 Å². The molecular weight excluding hydrogens is 260 g/mol. The van der Waals surface area contributed by atoms with Crippen LogP contribution in [0.25, 0.3) is 0 Å². The fraction of sp³-hybridized carbons (Fsp3) is 0.214. The van der Waals surface area contributed by atoms with Crippen molar-refractivity contribution in [1.82, 2.24) is 9.78 Å². The molecule has 0 spiro atoms. The molecule has 1 aromatic carbocycles. The van der Waals surface area contributed by atoms with Crippen LogP contribution < -0.4 is 10.3 Å². The fourth-order valence-electron chi connectivity index (χ4n) is 2.24. The van der Waals surface area contributed by atoms with E-state index >= 15 is 0 Å². The molecular formula is C14H12N2O4. The molecule has 0 aliphatic carbocycles. The van der Waals surface area contributed by atoms with E-state index in [1.54, 1.807) is 0 Å². The number of nitrogens with zero attached hydrogens (tertiary/aromatic N) is 2. The average Bonchev–Trinajstić information content (AvgIpc) is 2.83. The zero-order chi connectivity index (χ0) is 14.1. The van der Waals surface area contributed by atoms with Crippen LogP contribution in [0.4, 0.5) is 0 Å². The van der Waals surface area contributed by atoms with Gasteiger partial charge in [0, 0.05) is 12.5 Å². The highest BCUT2D eigenvalue weighted by Crippen LogP contribution is 2.28. The lowest BCUT2D eigenvalue weighted by Crippen LogP contribution is -2.31. The number of hydrogen-bond acceptors (Lipinski definition) is 4. The molecule has 1 unspecified atom stereocenters. The summed E-state index contributed by atoms with van der Waals surface area (Å²) in [5.41, 5.74) is 0.592. The maximum absolute atomic E-state index is 11.7. The lowest BCUT2D eigenvalue weighted by Gasteiger charge is -2.11. The second-order valence-corrected chi connectivity index (χ2v) is 4.60. The Kier molecular flexibility index (Phi) is 2.98. The number of ether oxygens (including phenoxy) is 1. The molecule has 1 aromatic heterocycles. The summed E-state index contributed by atoms with van der Waals surface area (Å²) in [6.45, 7) is 0.231. The number of aromatic nitrogens is 2. The Morgan fingerprint density at radius 3 is 2.90 bits per heavy atom. The van der Waals surface area contributed by atoms with Crippen molar-refractivity contribution in [2.45, 2.75) is 19.1 Å². The van der Waals surface area contributed by atoms with E-state index in [0.717, 1.165) is 16.0 Å². The van der Waals surface area contributed by atoms with Gasteiger partial charge >= 0.3 is 5.97 Å². The molecule has 0 bridgehead atoms. The number of rotatable bonds is 3. The third-order valence-corrected chi connectivity index (χ3v) is 3.18. The first-order valence-electron chi connectivity index (χ1n) is 6.19. The maximum atomic E-state index is 11.7. The maximum Gasteiger partial charge on any atom is 0.356 e. The van der Waals surface area contributed by atoms with Gasteiger partial charge in [0.05, 0.1) is 6.54 Å². The van der Waals surface area contributed by atoms with Crippen LogP contribution in [0.15, 0.2) is 41.2 Å². The Hall–Kier alpha value is -2.63. The second-order valence-electron chi connectivity index (χ2n) is 4.60. The van der Waals surface area contributed by atoms with Gasteiger partial charge < -0.3 is 9.84 Å². The third kappa shape index (κ3) is 2.27. The van der Waals surface area contributed by atoms with Crippen LogP contribution >= 0.6 is 0 Å². The van der Waals surface area contributed by atoms with E-state index in [9.17, 15) is 9.59 Å². The van der Waals surface area contributed by atoms with Crippen molar-refractivity contribution < 1.29 is 14.6 Å². The molecule has 1 N–H and O–H groups in total. The molecule has 6 nitrogen and oxygen atoms in total. The van der Waals surface area contributed by atoms with E-state index < -0.39 is 5.97 Å². The van der Waals surface area contributed by atoms with Gasteiger partial charge in [0.1, 0.15) is 11.9 Å². The van der Waals surface area contributed by atoms with Gasteiger partial charge in [-0.25, -0.2) is 9.48 Å². The van der Waals surface area contributed by atoms with Crippen LogP contribution in [0, 0.1) is 0 Å². The molecule has 6 heteroatoms. The molecule has 1 aliphatic rings. The molecule has 20 heavy (non-hydrogen) atoms. The monoisotopic (exact) mass is 272 g/mol. The van der Waals surface area contributed by atoms with Crippen molar-refractivity contribution in [2.75, 3.05) is 0 Å². The number of carboxylic acid groups (broad SMARTS) is 1. The van der Waals surface area contributed by atoms with E-state index in [4.69, 9.17) is 9.84 Å². The van der Waals surface area contributed by atoms with Crippen LogP contribution in [-0.2, 0) is 13.0 Å². The highest BCUT2D eigenvalue weighted by Gasteiger charge is 2.23. The van der Waals surface area contributed by atoms with Crippen LogP contribution in [0.5, 0.6) is 5.75 Å². The largest absolute Gasteiger partial charge is 0.488 e. The van der Waals surface area contributed by atoms with Gasteiger partial charge in [-0.3, -0.25) is 4.79 Å². The Morgan fingerprint density at radius 1 is 1.35 bits per heavy atom. The lowest BCUT2D eigenvalue weighted by atomic mass is 10.1. The highest BCUT2D eigenvalue weighted by molar-refractivity contribution is 5.84. The second kappa shape index (κ2) is 4.80. The van der Waals surface area contributed by atoms with Gasteiger partial charge in [-0.15, -0.1) is 0 Å². The Labute approximate surface area is 114 Å². The van der Waals surface area contributed by atoms with Crippen LogP contribution in [0.1, 0.15) is 16.1 Å². The first-order chi connectivity index (χ1) is 9.63. The fourth-order valence-corrected chi connectivity index (χ4v) is 2.24. The number of aromatic carboxylic acids is 1. The number of carboxylic acids is 1. The number of para-hydroxylation sites is 1. The van der Waals surface area contributed by atoms with E-state index in [-0.39, 0.29) is 23.9 Å². The molecule has 2 heterocycles. The van der Waals surface area contributed by atoms with Gasteiger partial charge in [-0.2, -0.15) is 5.10 Å². The first-order valence-corrected chi connectivity index (χ1v) is 6.19. The van der Waals surface area contributed by atoms with Crippen molar-refractivity contribution >= 4 is 5.97 Å². The molecule has 1 aliphatic heterocycles. The van der Waals surface area contributed by atoms with Gasteiger partial charge in [0.25, 0.3) is 5.56 Å². The SMILES string of the molecule is O=C(O)c1ccc(=O)n(CC2Cc3ccccc3O2)n1. The Bertz CT molecular complexity index is 698. The zero-order valence-electron chi connectivity index (χ0n) is 10.5. The minimum absolute atomic E-state index is 0.153. The van der Waals surface area contributed by atoms with Crippen molar-refractivity contribution in [2.24, 2.45) is 0 Å². The van der Waals surface area contributed by atoms with Gasteiger partial charge in [0.2, 0.25) is 0 Å². The number of hydrogen-bond donors (Lipinski definition) is 1. The van der Waals surface area contributed by atoms with Crippen LogP contribution in [0.3, 0.4) is 0 Å². The van der Waals surface area contributed by atoms with E-state index in [1.165, 1.54) is 12.1 Å². The molecule has 0 fully saturated rings. The standard InChI is InChI=1S/C14H12N2O4/c17-13-6-5-11(14(18)19)15-16(13)8-10-7-9-3-1-2-4-12(9)20-10/h1-6,10H,7-8H2,(H,18,19). The van der Waals surface area contributed by atoms with Crippen LogP contribution in [-0.4, -0.2) is 27.0 Å². The molecule has 0 saturated carbocycles. The highest BCUT2D eigenvalue weighted by atomic mass is 16.5. The number of carbonyl (C=O) groups is 1. The minimum Gasteiger partial charge on any atom is -0.488 e. The smallest absolute Gasteiger partial charge is 0.356 e. The van der Waals surface area contributed by atoms with Gasteiger partial charge in [0.15, 0.2) is 5.69 Å². The topological polar surface area (TPSA) is 81.4 Å². The van der Waals surface area contributed by atoms with E-state index in [2.05, 4.69) is 5.10 Å². The summed E-state index contributed by atoms with van der Waals surface area (Å²) >= 11 is 0. The number of benzene rings is 1. The number of fused-ring (bicyclic) bond motifs is 1. The summed E-state index contributed by atoms with van der Waals surface area (Å²) in [6.07, 6.45) is 0.475. The van der Waals surface area contributed by atoms with E-state index in [1.807, 2.05) is 24.3 Å². The predicted octanol–water partition coefficient (Wildman–Crippen LogP) is 0.945. The van der Waals surface area contributed by atoms with Gasteiger partial charge in [-0.05, 0) is 17.7 Å². The average molecular weight is 272 g/mol. The molecule has 1 atom stereocenters. The summed E-state index contributed by atoms with van der Waals surface area (Å²) in [5, 5.41) is 12.7. The third-order valence-electron chi connectivity index (χ3n) is 3.18. The van der Waals surface area contributed by atoms with Crippen molar-refractivity contribution in [3.63, 3.8) is 0 Å². The van der Waals surface area contributed by atoms with Crippen molar-refractivity contribution in [1.29, 1.82) is 0 Å².